The van der Waals surface area contributed by atoms with Gasteiger partial charge in [0.25, 0.3) is 5.91 Å². The number of piperidine rings is 1. The molecule has 0 spiro atoms. The largest absolute Gasteiger partial charge is 0.416 e. The number of carbonyl (C=O) groups is 3. The molecule has 1 aromatic rings. The molecule has 2 saturated heterocycles. The molecule has 2 heterocycles. The zero-order valence-corrected chi connectivity index (χ0v) is 14.7. The van der Waals surface area contributed by atoms with Gasteiger partial charge in [0.1, 0.15) is 5.54 Å². The van der Waals surface area contributed by atoms with Gasteiger partial charge in [0, 0.05) is 13.1 Å². The quantitative estimate of drug-likeness (QED) is 0.785. The number of nitrogens with one attached hydrogen (secondary N) is 2. The molecule has 27 heavy (non-hydrogen) atoms. The molecule has 0 bridgehead atoms. The summed E-state index contributed by atoms with van der Waals surface area (Å²) >= 11 is 0. The summed E-state index contributed by atoms with van der Waals surface area (Å²) < 4.78 is 38.4. The zero-order valence-electron chi connectivity index (χ0n) is 14.7. The Morgan fingerprint density at radius 2 is 1.93 bits per heavy atom. The number of likely N-dealkylation sites (tertiary alicyclic amines) is 1. The van der Waals surface area contributed by atoms with Gasteiger partial charge in [0.2, 0.25) is 5.91 Å². The lowest BCUT2D eigenvalue weighted by atomic mass is 9.79. The first-order valence-corrected chi connectivity index (χ1v) is 8.67. The molecule has 3 rings (SSSR count). The predicted octanol–water partition coefficient (Wildman–Crippen LogP) is 2.08. The van der Waals surface area contributed by atoms with Crippen LogP contribution in [0.4, 0.5) is 18.0 Å². The Bertz CT molecular complexity index is 773. The third-order valence-electron chi connectivity index (χ3n) is 5.35. The maximum Gasteiger partial charge on any atom is 0.416 e. The first-order chi connectivity index (χ1) is 12.6. The number of hydrogen-bond donors (Lipinski definition) is 2. The Hall–Kier alpha value is -2.58. The molecule has 146 valence electrons. The third-order valence-corrected chi connectivity index (χ3v) is 5.35. The van der Waals surface area contributed by atoms with Gasteiger partial charge in [-0.05, 0) is 37.3 Å². The first kappa shape index (κ1) is 19.2. The smallest absolute Gasteiger partial charge is 0.342 e. The number of rotatable bonds is 3. The fraction of sp³-hybridized carbons (Fsp3) is 0.500. The molecular formula is C18H20F3N3O3. The van der Waals surface area contributed by atoms with Crippen molar-refractivity contribution >= 4 is 17.8 Å². The van der Waals surface area contributed by atoms with E-state index < -0.39 is 23.3 Å². The van der Waals surface area contributed by atoms with Crippen LogP contribution in [-0.2, 0) is 22.2 Å². The summed E-state index contributed by atoms with van der Waals surface area (Å²) in [5.41, 5.74) is -1.46. The standard InChI is InChI=1S/C18H20F3N3O3/c1-17(15(26)22-16(27)23-17)12-5-7-24(8-6-12)14(25)10-11-3-2-4-13(9-11)18(19,20)21/h2-4,9,12H,5-8,10H2,1H3,(H2,22,23,26,27)/t17-/m0/s1. The molecule has 2 aliphatic heterocycles. The van der Waals surface area contributed by atoms with Crippen LogP contribution in [0.3, 0.4) is 0 Å². The second kappa shape index (κ2) is 6.86. The normalized spacial score (nSPS) is 23.9. The molecule has 0 saturated carbocycles. The molecule has 2 N–H and O–H groups in total. The van der Waals surface area contributed by atoms with Crippen LogP contribution in [0.2, 0.25) is 0 Å². The van der Waals surface area contributed by atoms with Gasteiger partial charge in [-0.3, -0.25) is 14.9 Å². The van der Waals surface area contributed by atoms with E-state index in [1.807, 2.05) is 0 Å². The summed E-state index contributed by atoms with van der Waals surface area (Å²) in [6, 6.07) is 4.23. The molecule has 1 atom stereocenters. The summed E-state index contributed by atoms with van der Waals surface area (Å²) in [6.45, 7) is 2.44. The van der Waals surface area contributed by atoms with E-state index >= 15 is 0 Å². The third kappa shape index (κ3) is 3.91. The Labute approximate surface area is 154 Å². The molecule has 1 aromatic carbocycles. The molecule has 0 radical (unpaired) electrons. The Morgan fingerprint density at radius 3 is 2.48 bits per heavy atom. The molecule has 0 unspecified atom stereocenters. The van der Waals surface area contributed by atoms with Gasteiger partial charge in [0.15, 0.2) is 0 Å². The lowest BCUT2D eigenvalue weighted by molar-refractivity contribution is -0.138. The van der Waals surface area contributed by atoms with E-state index in [9.17, 15) is 27.6 Å². The van der Waals surface area contributed by atoms with Gasteiger partial charge < -0.3 is 10.2 Å². The molecule has 0 aliphatic carbocycles. The van der Waals surface area contributed by atoms with Crippen LogP contribution in [0.25, 0.3) is 0 Å². The van der Waals surface area contributed by atoms with Crippen LogP contribution in [0, 0.1) is 5.92 Å². The highest BCUT2D eigenvalue weighted by atomic mass is 19.4. The summed E-state index contributed by atoms with van der Waals surface area (Å²) in [7, 11) is 0. The molecular weight excluding hydrogens is 363 g/mol. The second-order valence-corrected chi connectivity index (χ2v) is 7.14. The maximum atomic E-state index is 12.8. The minimum Gasteiger partial charge on any atom is -0.342 e. The van der Waals surface area contributed by atoms with Crippen molar-refractivity contribution in [2.24, 2.45) is 5.92 Å². The minimum atomic E-state index is -4.45. The number of benzene rings is 1. The number of urea groups is 1. The van der Waals surface area contributed by atoms with E-state index in [0.717, 1.165) is 12.1 Å². The van der Waals surface area contributed by atoms with E-state index in [1.54, 1.807) is 11.8 Å². The van der Waals surface area contributed by atoms with Crippen molar-refractivity contribution in [1.82, 2.24) is 15.5 Å². The Morgan fingerprint density at radius 1 is 1.26 bits per heavy atom. The number of carbonyl (C=O) groups excluding carboxylic acids is 3. The highest BCUT2D eigenvalue weighted by Crippen LogP contribution is 2.32. The van der Waals surface area contributed by atoms with E-state index in [4.69, 9.17) is 0 Å². The lowest BCUT2D eigenvalue weighted by Crippen LogP contribution is -2.54. The highest BCUT2D eigenvalue weighted by molar-refractivity contribution is 6.07. The van der Waals surface area contributed by atoms with Crippen molar-refractivity contribution in [1.29, 1.82) is 0 Å². The zero-order chi connectivity index (χ0) is 19.8. The fourth-order valence-corrected chi connectivity index (χ4v) is 3.69. The van der Waals surface area contributed by atoms with Crippen LogP contribution >= 0.6 is 0 Å². The van der Waals surface area contributed by atoms with Crippen molar-refractivity contribution in [3.05, 3.63) is 35.4 Å². The van der Waals surface area contributed by atoms with Crippen molar-refractivity contribution in [3.63, 3.8) is 0 Å². The summed E-state index contributed by atoms with van der Waals surface area (Å²) in [4.78, 5) is 37.4. The molecule has 0 aromatic heterocycles. The Balaban J connectivity index is 1.59. The summed E-state index contributed by atoms with van der Waals surface area (Å²) in [5, 5.41) is 4.87. The molecule has 2 aliphatic rings. The number of imide groups is 1. The van der Waals surface area contributed by atoms with Gasteiger partial charge >= 0.3 is 12.2 Å². The second-order valence-electron chi connectivity index (χ2n) is 7.14. The van der Waals surface area contributed by atoms with Crippen molar-refractivity contribution in [3.8, 4) is 0 Å². The number of alkyl halides is 3. The number of nitrogens with zero attached hydrogens (tertiary/aromatic N) is 1. The molecule has 2 fully saturated rings. The topological polar surface area (TPSA) is 78.5 Å². The van der Waals surface area contributed by atoms with Crippen LogP contribution in [-0.4, -0.2) is 41.4 Å². The minimum absolute atomic E-state index is 0.108. The first-order valence-electron chi connectivity index (χ1n) is 8.67. The molecule has 4 amide bonds. The van der Waals surface area contributed by atoms with E-state index in [-0.39, 0.29) is 24.2 Å². The highest BCUT2D eigenvalue weighted by Gasteiger charge is 2.48. The van der Waals surface area contributed by atoms with Gasteiger partial charge in [-0.2, -0.15) is 13.2 Å². The number of amides is 4. The van der Waals surface area contributed by atoms with Crippen LogP contribution in [0.15, 0.2) is 24.3 Å². The van der Waals surface area contributed by atoms with Gasteiger partial charge in [-0.15, -0.1) is 0 Å². The van der Waals surface area contributed by atoms with Crippen LogP contribution < -0.4 is 10.6 Å². The SMILES string of the molecule is C[C@@]1(C2CCN(C(=O)Cc3cccc(C(F)(F)F)c3)CC2)NC(=O)NC1=O. The molecule has 6 nitrogen and oxygen atoms in total. The van der Waals surface area contributed by atoms with E-state index in [1.165, 1.54) is 12.1 Å². The van der Waals surface area contributed by atoms with Gasteiger partial charge in [0.05, 0.1) is 12.0 Å². The van der Waals surface area contributed by atoms with Crippen molar-refractivity contribution < 1.29 is 27.6 Å². The molecule has 9 heteroatoms. The maximum absolute atomic E-state index is 12.8. The average Bonchev–Trinajstić information content (AvgIpc) is 2.87. The Kier molecular flexibility index (Phi) is 4.88. The summed E-state index contributed by atoms with van der Waals surface area (Å²) in [5.74, 6) is -0.736. The van der Waals surface area contributed by atoms with Crippen molar-refractivity contribution in [2.75, 3.05) is 13.1 Å². The van der Waals surface area contributed by atoms with Gasteiger partial charge in [-0.25, -0.2) is 4.79 Å². The monoisotopic (exact) mass is 383 g/mol. The number of hydrogen-bond acceptors (Lipinski definition) is 3. The summed E-state index contributed by atoms with van der Waals surface area (Å²) in [6.07, 6.45) is -3.50. The fourth-order valence-electron chi connectivity index (χ4n) is 3.69. The van der Waals surface area contributed by atoms with Crippen LogP contribution in [0.1, 0.15) is 30.9 Å². The van der Waals surface area contributed by atoms with Crippen LogP contribution in [0.5, 0.6) is 0 Å². The van der Waals surface area contributed by atoms with E-state index in [2.05, 4.69) is 10.6 Å². The number of halogens is 3. The van der Waals surface area contributed by atoms with Crippen molar-refractivity contribution in [2.45, 2.75) is 37.9 Å². The van der Waals surface area contributed by atoms with Gasteiger partial charge in [-0.1, -0.05) is 18.2 Å². The lowest BCUT2D eigenvalue weighted by Gasteiger charge is -2.38. The predicted molar refractivity (Wildman–Crippen MR) is 89.5 cm³/mol. The van der Waals surface area contributed by atoms with E-state index in [0.29, 0.717) is 31.5 Å². The average molecular weight is 383 g/mol.